The highest BCUT2D eigenvalue weighted by Crippen LogP contribution is 2.25. The summed E-state index contributed by atoms with van der Waals surface area (Å²) in [5.41, 5.74) is 7.70. The molecule has 0 saturated carbocycles. The molecular weight excluding hydrogens is 353 g/mol. The number of hydrogen-bond donors (Lipinski definition) is 2. The summed E-state index contributed by atoms with van der Waals surface area (Å²) in [6, 6.07) is 7.95. The minimum absolute atomic E-state index is 0. The molecule has 0 spiro atoms. The standard InChI is InChI=1S/C14H17N3O.HI/c1-3-8-16-14(15)17-9-13-10(2)11-6-4-5-7-12(11)18-13;/h3-7H,1,8-9H2,2H3,(H3,15,16,17);1H. The molecule has 0 radical (unpaired) electrons. The van der Waals surface area contributed by atoms with Crippen molar-refractivity contribution in [2.24, 2.45) is 10.7 Å². The van der Waals surface area contributed by atoms with E-state index >= 15 is 0 Å². The minimum Gasteiger partial charge on any atom is -0.459 e. The maximum Gasteiger partial charge on any atom is 0.189 e. The van der Waals surface area contributed by atoms with Gasteiger partial charge >= 0.3 is 0 Å². The lowest BCUT2D eigenvalue weighted by molar-refractivity contribution is 0.548. The number of benzene rings is 1. The lowest BCUT2D eigenvalue weighted by Gasteiger charge is -2.01. The largest absolute Gasteiger partial charge is 0.459 e. The third-order valence-corrected chi connectivity index (χ3v) is 2.76. The number of hydrogen-bond acceptors (Lipinski definition) is 2. The summed E-state index contributed by atoms with van der Waals surface area (Å²) in [5, 5.41) is 4.05. The second-order valence-corrected chi connectivity index (χ2v) is 4.02. The first-order chi connectivity index (χ1) is 8.72. The molecule has 5 heteroatoms. The van der Waals surface area contributed by atoms with Gasteiger partial charge in [0.05, 0.1) is 0 Å². The summed E-state index contributed by atoms with van der Waals surface area (Å²) < 4.78 is 5.74. The van der Waals surface area contributed by atoms with E-state index in [1.54, 1.807) is 6.08 Å². The molecule has 1 heterocycles. The molecule has 0 aliphatic carbocycles. The quantitative estimate of drug-likeness (QED) is 0.376. The first-order valence-electron chi connectivity index (χ1n) is 5.84. The number of furan rings is 1. The van der Waals surface area contributed by atoms with Gasteiger partial charge in [-0.15, -0.1) is 30.6 Å². The van der Waals surface area contributed by atoms with Gasteiger partial charge in [0, 0.05) is 17.5 Å². The third-order valence-electron chi connectivity index (χ3n) is 2.76. The van der Waals surface area contributed by atoms with Crippen LogP contribution >= 0.6 is 24.0 Å². The Kier molecular flexibility index (Phi) is 5.88. The molecule has 0 aliphatic rings. The van der Waals surface area contributed by atoms with Gasteiger partial charge in [-0.3, -0.25) is 0 Å². The molecule has 0 saturated heterocycles. The molecule has 0 fully saturated rings. The summed E-state index contributed by atoms with van der Waals surface area (Å²) in [7, 11) is 0. The fourth-order valence-corrected chi connectivity index (χ4v) is 1.77. The van der Waals surface area contributed by atoms with Gasteiger partial charge in [0.1, 0.15) is 17.9 Å². The Morgan fingerprint density at radius 3 is 2.89 bits per heavy atom. The zero-order chi connectivity index (χ0) is 13.0. The summed E-state index contributed by atoms with van der Waals surface area (Å²) in [6.07, 6.45) is 1.73. The first-order valence-corrected chi connectivity index (χ1v) is 5.84. The fraction of sp³-hybridized carbons (Fsp3) is 0.214. The van der Waals surface area contributed by atoms with Crippen molar-refractivity contribution in [2.75, 3.05) is 6.54 Å². The maximum atomic E-state index is 5.74. The van der Waals surface area contributed by atoms with E-state index in [1.807, 2.05) is 31.2 Å². The number of nitrogens with one attached hydrogen (secondary N) is 1. The van der Waals surface area contributed by atoms with Crippen molar-refractivity contribution >= 4 is 40.9 Å². The molecule has 2 aromatic rings. The van der Waals surface area contributed by atoms with Gasteiger partial charge in [-0.2, -0.15) is 0 Å². The number of aryl methyl sites for hydroxylation is 1. The Bertz CT molecular complexity index is 589. The predicted octanol–water partition coefficient (Wildman–Crippen LogP) is 2.95. The van der Waals surface area contributed by atoms with Crippen LogP contribution in [0.2, 0.25) is 0 Å². The molecule has 1 aromatic carbocycles. The van der Waals surface area contributed by atoms with Gasteiger partial charge in [-0.1, -0.05) is 24.3 Å². The zero-order valence-corrected chi connectivity index (χ0v) is 13.2. The molecule has 2 rings (SSSR count). The maximum absolute atomic E-state index is 5.74. The fourth-order valence-electron chi connectivity index (χ4n) is 1.77. The molecule has 0 aliphatic heterocycles. The summed E-state index contributed by atoms with van der Waals surface area (Å²) in [6.45, 7) is 6.68. The van der Waals surface area contributed by atoms with Gasteiger partial charge in [-0.25, -0.2) is 4.99 Å². The van der Waals surface area contributed by atoms with Crippen LogP contribution in [0.3, 0.4) is 0 Å². The molecule has 4 nitrogen and oxygen atoms in total. The van der Waals surface area contributed by atoms with Crippen LogP contribution in [-0.2, 0) is 6.54 Å². The van der Waals surface area contributed by atoms with Crippen LogP contribution in [0.15, 0.2) is 46.3 Å². The van der Waals surface area contributed by atoms with E-state index in [-0.39, 0.29) is 24.0 Å². The topological polar surface area (TPSA) is 63.5 Å². The van der Waals surface area contributed by atoms with Gasteiger partial charge < -0.3 is 15.5 Å². The molecule has 0 atom stereocenters. The van der Waals surface area contributed by atoms with Crippen LogP contribution in [0.25, 0.3) is 11.0 Å². The number of aliphatic imine (C=N–C) groups is 1. The number of para-hydroxylation sites is 1. The van der Waals surface area contributed by atoms with Gasteiger partial charge in [0.15, 0.2) is 5.96 Å². The van der Waals surface area contributed by atoms with Crippen LogP contribution in [0.1, 0.15) is 11.3 Å². The highest BCUT2D eigenvalue weighted by Gasteiger charge is 2.08. The van der Waals surface area contributed by atoms with E-state index in [0.717, 1.165) is 22.3 Å². The van der Waals surface area contributed by atoms with Crippen LogP contribution in [-0.4, -0.2) is 12.5 Å². The van der Waals surface area contributed by atoms with Gasteiger partial charge in [-0.05, 0) is 13.0 Å². The van der Waals surface area contributed by atoms with Crippen molar-refractivity contribution in [2.45, 2.75) is 13.5 Å². The van der Waals surface area contributed by atoms with Crippen LogP contribution < -0.4 is 11.1 Å². The lowest BCUT2D eigenvalue weighted by Crippen LogP contribution is -2.31. The Balaban J connectivity index is 0.00000180. The van der Waals surface area contributed by atoms with Crippen molar-refractivity contribution in [3.8, 4) is 0 Å². The third kappa shape index (κ3) is 3.73. The average Bonchev–Trinajstić information content (AvgIpc) is 2.71. The highest BCUT2D eigenvalue weighted by atomic mass is 127. The predicted molar refractivity (Wildman–Crippen MR) is 89.9 cm³/mol. The van der Waals surface area contributed by atoms with E-state index < -0.39 is 0 Å². The van der Waals surface area contributed by atoms with Gasteiger partial charge in [0.25, 0.3) is 0 Å². The van der Waals surface area contributed by atoms with Crippen LogP contribution in [0.4, 0.5) is 0 Å². The SMILES string of the molecule is C=CCNC(N)=NCc1oc2ccccc2c1C.I. The molecule has 3 N–H and O–H groups in total. The zero-order valence-electron chi connectivity index (χ0n) is 10.8. The summed E-state index contributed by atoms with van der Waals surface area (Å²) >= 11 is 0. The van der Waals surface area contributed by atoms with Crippen molar-refractivity contribution in [1.29, 1.82) is 0 Å². The smallest absolute Gasteiger partial charge is 0.189 e. The Morgan fingerprint density at radius 2 is 2.21 bits per heavy atom. The number of nitrogens with zero attached hydrogens (tertiary/aromatic N) is 1. The molecule has 0 unspecified atom stereocenters. The number of halogens is 1. The number of guanidine groups is 1. The Morgan fingerprint density at radius 1 is 1.47 bits per heavy atom. The van der Waals surface area contributed by atoms with Crippen molar-refractivity contribution in [1.82, 2.24) is 5.32 Å². The first kappa shape index (κ1) is 15.6. The number of fused-ring (bicyclic) bond motifs is 1. The van der Waals surface area contributed by atoms with Crippen molar-refractivity contribution in [3.63, 3.8) is 0 Å². The van der Waals surface area contributed by atoms with Crippen molar-refractivity contribution in [3.05, 3.63) is 48.2 Å². The van der Waals surface area contributed by atoms with Crippen LogP contribution in [0.5, 0.6) is 0 Å². The summed E-state index contributed by atoms with van der Waals surface area (Å²) in [5.74, 6) is 1.24. The highest BCUT2D eigenvalue weighted by molar-refractivity contribution is 14.0. The van der Waals surface area contributed by atoms with E-state index in [4.69, 9.17) is 10.2 Å². The van der Waals surface area contributed by atoms with Crippen molar-refractivity contribution < 1.29 is 4.42 Å². The van der Waals surface area contributed by atoms with E-state index in [2.05, 4.69) is 16.9 Å². The second-order valence-electron chi connectivity index (χ2n) is 4.02. The van der Waals surface area contributed by atoms with Crippen LogP contribution in [0, 0.1) is 6.92 Å². The molecular formula is C14H18IN3O. The Hall–Kier alpha value is -1.50. The molecule has 102 valence electrons. The van der Waals surface area contributed by atoms with E-state index in [9.17, 15) is 0 Å². The molecule has 0 amide bonds. The normalized spacial score (nSPS) is 11.1. The molecule has 1 aromatic heterocycles. The van der Waals surface area contributed by atoms with E-state index in [0.29, 0.717) is 19.0 Å². The Labute approximate surface area is 129 Å². The monoisotopic (exact) mass is 371 g/mol. The van der Waals surface area contributed by atoms with E-state index in [1.165, 1.54) is 0 Å². The number of rotatable bonds is 4. The summed E-state index contributed by atoms with van der Waals surface area (Å²) in [4.78, 5) is 4.23. The second kappa shape index (κ2) is 7.18. The lowest BCUT2D eigenvalue weighted by atomic mass is 10.1. The molecule has 0 bridgehead atoms. The number of nitrogens with two attached hydrogens (primary N) is 1. The average molecular weight is 371 g/mol. The molecule has 19 heavy (non-hydrogen) atoms. The van der Waals surface area contributed by atoms with Gasteiger partial charge in [0.2, 0.25) is 0 Å². The minimum atomic E-state index is 0.